The van der Waals surface area contributed by atoms with Crippen LogP contribution in [0.25, 0.3) is 0 Å². The highest BCUT2D eigenvalue weighted by molar-refractivity contribution is 7.99. The summed E-state index contributed by atoms with van der Waals surface area (Å²) in [4.78, 5) is 14.7. The number of nitrogens with zero attached hydrogens (tertiary/aromatic N) is 4. The van der Waals surface area contributed by atoms with Crippen molar-refractivity contribution in [2.75, 3.05) is 5.75 Å². The van der Waals surface area contributed by atoms with Gasteiger partial charge in [0.2, 0.25) is 5.16 Å². The summed E-state index contributed by atoms with van der Waals surface area (Å²) in [6, 6.07) is 3.56. The van der Waals surface area contributed by atoms with Gasteiger partial charge in [-0.1, -0.05) is 11.8 Å². The summed E-state index contributed by atoms with van der Waals surface area (Å²) in [6.07, 6.45) is 1.73. The fourth-order valence-corrected chi connectivity index (χ4v) is 2.34. The molecule has 2 aromatic heterocycles. The van der Waals surface area contributed by atoms with E-state index in [2.05, 4.69) is 20.5 Å². The molecule has 1 N–H and O–H groups in total. The molecule has 2 aromatic rings. The molecular formula is C11H15N5OS. The molecule has 0 unspecified atom stereocenters. The number of hydrogen-bond acceptors (Lipinski definition) is 5. The van der Waals surface area contributed by atoms with Gasteiger partial charge in [-0.3, -0.25) is 4.79 Å². The topological polar surface area (TPSA) is 76.5 Å². The Morgan fingerprint density at radius 2 is 2.28 bits per heavy atom. The molecule has 0 aliphatic carbocycles. The number of carbonyl (C=O) groups is 1. The molecular weight excluding hydrogens is 250 g/mol. The lowest BCUT2D eigenvalue weighted by Gasteiger charge is -2.19. The summed E-state index contributed by atoms with van der Waals surface area (Å²) in [5.41, 5.74) is 0.415. The van der Waals surface area contributed by atoms with Crippen molar-refractivity contribution in [1.82, 2.24) is 25.2 Å². The van der Waals surface area contributed by atoms with E-state index < -0.39 is 0 Å². The van der Waals surface area contributed by atoms with E-state index >= 15 is 0 Å². The van der Waals surface area contributed by atoms with Crippen LogP contribution in [0.3, 0.4) is 0 Å². The molecule has 0 atom stereocenters. The van der Waals surface area contributed by atoms with Crippen LogP contribution in [0.15, 0.2) is 23.5 Å². The number of carbonyl (C=O) groups excluding carboxylic acids is 1. The first kappa shape index (κ1) is 12.8. The Labute approximate surface area is 109 Å². The highest BCUT2D eigenvalue weighted by Gasteiger charge is 2.20. The van der Waals surface area contributed by atoms with Gasteiger partial charge >= 0.3 is 0 Å². The Hall–Kier alpha value is -1.63. The first-order valence-corrected chi connectivity index (χ1v) is 6.55. The molecule has 6 nitrogen and oxygen atoms in total. The van der Waals surface area contributed by atoms with Gasteiger partial charge in [-0.05, 0) is 43.3 Å². The zero-order valence-electron chi connectivity index (χ0n) is 10.5. The maximum Gasteiger partial charge on any atom is 0.210 e. The monoisotopic (exact) mass is 265 g/mol. The van der Waals surface area contributed by atoms with Crippen LogP contribution in [0.1, 0.15) is 31.3 Å². The van der Waals surface area contributed by atoms with Gasteiger partial charge in [-0.2, -0.15) is 0 Å². The Morgan fingerprint density at radius 3 is 2.89 bits per heavy atom. The molecule has 2 rings (SSSR count). The highest BCUT2D eigenvalue weighted by atomic mass is 32.2. The second-order valence-electron chi connectivity index (χ2n) is 4.84. The molecule has 0 aliphatic heterocycles. The van der Waals surface area contributed by atoms with Gasteiger partial charge in [-0.15, -0.1) is 5.10 Å². The third-order valence-corrected chi connectivity index (χ3v) is 3.23. The minimum atomic E-state index is -0.193. The molecule has 0 saturated heterocycles. The Kier molecular flexibility index (Phi) is 3.51. The number of aromatic nitrogens is 5. The van der Waals surface area contributed by atoms with E-state index in [4.69, 9.17) is 0 Å². The largest absolute Gasteiger partial charge is 0.359 e. The second kappa shape index (κ2) is 4.93. The van der Waals surface area contributed by atoms with E-state index in [1.54, 1.807) is 23.0 Å². The van der Waals surface area contributed by atoms with Crippen molar-refractivity contribution < 1.29 is 4.79 Å². The van der Waals surface area contributed by atoms with Crippen molar-refractivity contribution in [3.63, 3.8) is 0 Å². The summed E-state index contributed by atoms with van der Waals surface area (Å²) in [5, 5.41) is 12.2. The van der Waals surface area contributed by atoms with Crippen molar-refractivity contribution in [1.29, 1.82) is 0 Å². The van der Waals surface area contributed by atoms with E-state index in [1.165, 1.54) is 11.8 Å². The zero-order chi connectivity index (χ0) is 13.2. The van der Waals surface area contributed by atoms with Gasteiger partial charge in [0.25, 0.3) is 0 Å². The second-order valence-corrected chi connectivity index (χ2v) is 5.78. The summed E-state index contributed by atoms with van der Waals surface area (Å²) < 4.78 is 1.72. The SMILES string of the molecule is CC(C)(C)n1nnnc1SCC(=O)c1ccc[nH]1. The van der Waals surface area contributed by atoms with E-state index in [9.17, 15) is 4.79 Å². The Balaban J connectivity index is 2.03. The zero-order valence-corrected chi connectivity index (χ0v) is 11.4. The third kappa shape index (κ3) is 2.79. The Bertz CT molecular complexity index is 526. The van der Waals surface area contributed by atoms with Crippen molar-refractivity contribution in [2.24, 2.45) is 0 Å². The van der Waals surface area contributed by atoms with Crippen LogP contribution < -0.4 is 0 Å². The normalized spacial score (nSPS) is 11.7. The minimum Gasteiger partial charge on any atom is -0.359 e. The van der Waals surface area contributed by atoms with Crippen LogP contribution in [0.2, 0.25) is 0 Å². The summed E-state index contributed by atoms with van der Waals surface area (Å²) in [7, 11) is 0. The fourth-order valence-electron chi connectivity index (χ4n) is 1.40. The number of hydrogen-bond donors (Lipinski definition) is 1. The van der Waals surface area contributed by atoms with E-state index in [0.717, 1.165) is 0 Å². The van der Waals surface area contributed by atoms with Gasteiger partial charge in [0.1, 0.15) is 0 Å². The first-order valence-electron chi connectivity index (χ1n) is 5.57. The van der Waals surface area contributed by atoms with E-state index in [0.29, 0.717) is 16.6 Å². The third-order valence-electron chi connectivity index (χ3n) is 2.31. The number of H-pyrrole nitrogens is 1. The van der Waals surface area contributed by atoms with Crippen LogP contribution in [0.5, 0.6) is 0 Å². The van der Waals surface area contributed by atoms with Crippen molar-refractivity contribution in [3.05, 3.63) is 24.0 Å². The number of aromatic amines is 1. The number of tetrazole rings is 1. The number of thioether (sulfide) groups is 1. The van der Waals surface area contributed by atoms with Gasteiger partial charge in [0, 0.05) is 6.20 Å². The van der Waals surface area contributed by atoms with E-state index in [1.807, 2.05) is 20.8 Å². The summed E-state index contributed by atoms with van der Waals surface area (Å²) >= 11 is 1.34. The minimum absolute atomic E-state index is 0.0356. The molecule has 0 bridgehead atoms. The van der Waals surface area contributed by atoms with Crippen molar-refractivity contribution in [3.8, 4) is 0 Å². The van der Waals surface area contributed by atoms with E-state index in [-0.39, 0.29) is 11.3 Å². The molecule has 96 valence electrons. The lowest BCUT2D eigenvalue weighted by atomic mass is 10.1. The molecule has 0 saturated carbocycles. The number of Topliss-reactive ketones (excluding diaryl/α,β-unsaturated/α-hetero) is 1. The number of nitrogens with one attached hydrogen (secondary N) is 1. The Morgan fingerprint density at radius 1 is 1.50 bits per heavy atom. The standard InChI is InChI=1S/C11H15N5OS/c1-11(2,3)16-10(13-14-15-16)18-7-9(17)8-5-4-6-12-8/h4-6,12H,7H2,1-3H3. The molecule has 0 fully saturated rings. The number of rotatable bonds is 4. The number of ketones is 1. The molecule has 0 spiro atoms. The molecule has 18 heavy (non-hydrogen) atoms. The van der Waals surface area contributed by atoms with Crippen LogP contribution in [0, 0.1) is 0 Å². The van der Waals surface area contributed by atoms with Crippen LogP contribution in [-0.4, -0.2) is 36.7 Å². The predicted octanol–water partition coefficient (Wildman–Crippen LogP) is 1.73. The van der Waals surface area contributed by atoms with Crippen molar-refractivity contribution in [2.45, 2.75) is 31.5 Å². The van der Waals surface area contributed by atoms with Gasteiger partial charge in [0.05, 0.1) is 17.0 Å². The molecule has 2 heterocycles. The molecule has 0 aliphatic rings. The van der Waals surface area contributed by atoms with Gasteiger partial charge in [0.15, 0.2) is 5.78 Å². The maximum absolute atomic E-state index is 11.8. The first-order chi connectivity index (χ1) is 8.48. The lowest BCUT2D eigenvalue weighted by molar-refractivity contribution is 0.101. The molecule has 0 radical (unpaired) electrons. The predicted molar refractivity (Wildman–Crippen MR) is 68.7 cm³/mol. The average Bonchev–Trinajstić information content (AvgIpc) is 2.95. The van der Waals surface area contributed by atoms with Gasteiger partial charge in [-0.25, -0.2) is 4.68 Å². The summed E-state index contributed by atoms with van der Waals surface area (Å²) in [5.74, 6) is 0.352. The lowest BCUT2D eigenvalue weighted by Crippen LogP contribution is -2.24. The molecule has 7 heteroatoms. The van der Waals surface area contributed by atoms with Crippen LogP contribution in [-0.2, 0) is 5.54 Å². The smallest absolute Gasteiger partial charge is 0.210 e. The highest BCUT2D eigenvalue weighted by Crippen LogP contribution is 2.21. The molecule has 0 amide bonds. The average molecular weight is 265 g/mol. The fraction of sp³-hybridized carbons (Fsp3) is 0.455. The van der Waals surface area contributed by atoms with Gasteiger partial charge < -0.3 is 4.98 Å². The van der Waals surface area contributed by atoms with Crippen LogP contribution >= 0.6 is 11.8 Å². The van der Waals surface area contributed by atoms with Crippen molar-refractivity contribution >= 4 is 17.5 Å². The summed E-state index contributed by atoms with van der Waals surface area (Å²) in [6.45, 7) is 6.04. The van der Waals surface area contributed by atoms with Crippen LogP contribution in [0.4, 0.5) is 0 Å². The quantitative estimate of drug-likeness (QED) is 0.673. The maximum atomic E-state index is 11.8. The molecule has 0 aromatic carbocycles.